The monoisotopic (exact) mass is 475 g/mol. The number of hydrogen-bond acceptors (Lipinski definition) is 4. The fourth-order valence-corrected chi connectivity index (χ4v) is 4.28. The van der Waals surface area contributed by atoms with Crippen LogP contribution in [0.2, 0.25) is 5.02 Å². The Morgan fingerprint density at radius 3 is 2.44 bits per heavy atom. The van der Waals surface area contributed by atoms with Crippen LogP contribution in [-0.2, 0) is 4.79 Å². The van der Waals surface area contributed by atoms with E-state index in [1.807, 2.05) is 36.4 Å². The first-order valence-electron chi connectivity index (χ1n) is 7.90. The molecule has 7 heteroatoms. The van der Waals surface area contributed by atoms with Crippen LogP contribution in [0.1, 0.15) is 5.76 Å². The minimum absolute atomic E-state index is 0.172. The SMILES string of the molecule is O=C1/C(=C\c2ccc(-c3ccc(Br)cc3)o2)SC(=S)N1c1ccc(Cl)cc1. The summed E-state index contributed by atoms with van der Waals surface area (Å²) in [6.07, 6.45) is 1.72. The number of thiocarbonyl (C=S) groups is 1. The third-order valence-electron chi connectivity index (χ3n) is 3.91. The molecule has 0 unspecified atom stereocenters. The molecule has 2 heterocycles. The summed E-state index contributed by atoms with van der Waals surface area (Å²) in [5.74, 6) is 1.17. The Morgan fingerprint density at radius 1 is 1.04 bits per heavy atom. The zero-order valence-corrected chi connectivity index (χ0v) is 17.7. The average molecular weight is 477 g/mol. The van der Waals surface area contributed by atoms with E-state index in [1.54, 1.807) is 30.3 Å². The van der Waals surface area contributed by atoms with Crippen LogP contribution in [0.4, 0.5) is 5.69 Å². The molecule has 1 saturated heterocycles. The van der Waals surface area contributed by atoms with Crippen LogP contribution in [0, 0.1) is 0 Å². The predicted octanol–water partition coefficient (Wildman–Crippen LogP) is 6.77. The van der Waals surface area contributed by atoms with Gasteiger partial charge in [0.05, 0.1) is 10.6 Å². The highest BCUT2D eigenvalue weighted by Crippen LogP contribution is 2.37. The average Bonchev–Trinajstić information content (AvgIpc) is 3.22. The number of furan rings is 1. The molecule has 134 valence electrons. The van der Waals surface area contributed by atoms with Gasteiger partial charge in [-0.25, -0.2) is 0 Å². The molecule has 1 aromatic heterocycles. The summed E-state index contributed by atoms with van der Waals surface area (Å²) in [6, 6.07) is 18.6. The van der Waals surface area contributed by atoms with Crippen molar-refractivity contribution in [1.29, 1.82) is 0 Å². The number of thioether (sulfide) groups is 1. The number of carbonyl (C=O) groups excluding carboxylic acids is 1. The van der Waals surface area contributed by atoms with Crippen molar-refractivity contribution >= 4 is 73.5 Å². The first-order chi connectivity index (χ1) is 13.0. The number of carbonyl (C=O) groups is 1. The summed E-state index contributed by atoms with van der Waals surface area (Å²) < 4.78 is 7.36. The minimum Gasteiger partial charge on any atom is -0.457 e. The van der Waals surface area contributed by atoms with Gasteiger partial charge in [0.1, 0.15) is 11.5 Å². The number of hydrogen-bond donors (Lipinski definition) is 0. The van der Waals surface area contributed by atoms with Gasteiger partial charge in [0, 0.05) is 21.1 Å². The number of halogens is 2. The van der Waals surface area contributed by atoms with Gasteiger partial charge in [-0.3, -0.25) is 9.69 Å². The topological polar surface area (TPSA) is 33.5 Å². The van der Waals surface area contributed by atoms with Crippen molar-refractivity contribution in [2.45, 2.75) is 0 Å². The molecular weight excluding hydrogens is 466 g/mol. The molecule has 1 amide bonds. The summed E-state index contributed by atoms with van der Waals surface area (Å²) >= 11 is 16.0. The largest absolute Gasteiger partial charge is 0.457 e. The van der Waals surface area contributed by atoms with Gasteiger partial charge < -0.3 is 4.42 Å². The van der Waals surface area contributed by atoms with Gasteiger partial charge >= 0.3 is 0 Å². The van der Waals surface area contributed by atoms with Crippen molar-refractivity contribution < 1.29 is 9.21 Å². The lowest BCUT2D eigenvalue weighted by atomic mass is 10.2. The lowest BCUT2D eigenvalue weighted by Gasteiger charge is -2.14. The van der Waals surface area contributed by atoms with Crippen molar-refractivity contribution in [3.05, 3.63) is 80.8 Å². The molecule has 3 nitrogen and oxygen atoms in total. The van der Waals surface area contributed by atoms with E-state index in [0.717, 1.165) is 15.8 Å². The van der Waals surface area contributed by atoms with E-state index in [-0.39, 0.29) is 5.91 Å². The van der Waals surface area contributed by atoms with E-state index in [1.165, 1.54) is 16.7 Å². The highest BCUT2D eigenvalue weighted by atomic mass is 79.9. The number of amides is 1. The van der Waals surface area contributed by atoms with Crippen LogP contribution < -0.4 is 4.90 Å². The molecule has 2 aromatic carbocycles. The van der Waals surface area contributed by atoms with E-state index in [2.05, 4.69) is 15.9 Å². The molecule has 3 aromatic rings. The molecule has 0 aliphatic carbocycles. The first-order valence-corrected chi connectivity index (χ1v) is 10.3. The summed E-state index contributed by atoms with van der Waals surface area (Å²) in [7, 11) is 0. The Bertz CT molecular complexity index is 1060. The summed E-state index contributed by atoms with van der Waals surface area (Å²) in [5.41, 5.74) is 1.66. The van der Waals surface area contributed by atoms with E-state index in [9.17, 15) is 4.79 Å². The van der Waals surface area contributed by atoms with Gasteiger partial charge in [-0.1, -0.05) is 63.6 Å². The molecule has 1 aliphatic heterocycles. The second-order valence-electron chi connectivity index (χ2n) is 5.70. The molecule has 0 N–H and O–H groups in total. The van der Waals surface area contributed by atoms with Crippen LogP contribution in [0.25, 0.3) is 17.4 Å². The van der Waals surface area contributed by atoms with Crippen molar-refractivity contribution in [3.8, 4) is 11.3 Å². The van der Waals surface area contributed by atoms with Gasteiger partial charge in [-0.05, 0) is 48.5 Å². The van der Waals surface area contributed by atoms with Gasteiger partial charge in [0.2, 0.25) is 0 Å². The third kappa shape index (κ3) is 3.89. The van der Waals surface area contributed by atoms with Crippen LogP contribution in [-0.4, -0.2) is 10.2 Å². The Kier molecular flexibility index (Phi) is 5.23. The maximum Gasteiger partial charge on any atom is 0.270 e. The van der Waals surface area contributed by atoms with Crippen LogP contribution in [0.3, 0.4) is 0 Å². The quantitative estimate of drug-likeness (QED) is 0.308. The molecule has 0 bridgehead atoms. The predicted molar refractivity (Wildman–Crippen MR) is 119 cm³/mol. The molecular formula is C20H11BrClNO2S2. The highest BCUT2D eigenvalue weighted by Gasteiger charge is 2.33. The summed E-state index contributed by atoms with van der Waals surface area (Å²) in [4.78, 5) is 14.8. The number of anilines is 1. The number of rotatable bonds is 3. The second-order valence-corrected chi connectivity index (χ2v) is 8.73. The molecule has 1 fully saturated rings. The molecule has 0 spiro atoms. The van der Waals surface area contributed by atoms with Crippen molar-refractivity contribution in [2.24, 2.45) is 0 Å². The summed E-state index contributed by atoms with van der Waals surface area (Å²) in [6.45, 7) is 0. The van der Waals surface area contributed by atoms with Crippen molar-refractivity contribution in [2.75, 3.05) is 4.90 Å². The van der Waals surface area contributed by atoms with Gasteiger partial charge in [0.15, 0.2) is 4.32 Å². The van der Waals surface area contributed by atoms with Crippen molar-refractivity contribution in [1.82, 2.24) is 0 Å². The standard InChI is InChI=1S/C20H11BrClNO2S2/c21-13-3-1-12(2-4-13)17-10-9-16(25-17)11-18-19(24)23(20(26)27-18)15-7-5-14(22)6-8-15/h1-11H/b18-11+. The molecule has 0 radical (unpaired) electrons. The fourth-order valence-electron chi connectivity index (χ4n) is 2.61. The fraction of sp³-hybridized carbons (Fsp3) is 0. The van der Waals surface area contributed by atoms with Gasteiger partial charge in [-0.2, -0.15) is 0 Å². The smallest absolute Gasteiger partial charge is 0.270 e. The maximum absolute atomic E-state index is 12.8. The zero-order chi connectivity index (χ0) is 19.0. The van der Waals surface area contributed by atoms with E-state index >= 15 is 0 Å². The first kappa shape index (κ1) is 18.5. The van der Waals surface area contributed by atoms with Crippen molar-refractivity contribution in [3.63, 3.8) is 0 Å². The zero-order valence-electron chi connectivity index (χ0n) is 13.7. The van der Waals surface area contributed by atoms with E-state index in [0.29, 0.717) is 25.7 Å². The Morgan fingerprint density at radius 2 is 1.74 bits per heavy atom. The number of benzene rings is 2. The maximum atomic E-state index is 12.8. The molecule has 27 heavy (non-hydrogen) atoms. The molecule has 0 atom stereocenters. The molecule has 4 rings (SSSR count). The minimum atomic E-state index is -0.172. The van der Waals surface area contributed by atoms with E-state index in [4.69, 9.17) is 28.2 Å². The summed E-state index contributed by atoms with van der Waals surface area (Å²) in [5, 5.41) is 0.607. The molecule has 0 saturated carbocycles. The van der Waals surface area contributed by atoms with Crippen LogP contribution in [0.5, 0.6) is 0 Å². The molecule has 1 aliphatic rings. The Balaban J connectivity index is 1.59. The lowest BCUT2D eigenvalue weighted by Crippen LogP contribution is -2.27. The third-order valence-corrected chi connectivity index (χ3v) is 5.99. The Hall–Kier alpha value is -1.86. The van der Waals surface area contributed by atoms with Crippen LogP contribution >= 0.6 is 51.5 Å². The second kappa shape index (κ2) is 7.64. The lowest BCUT2D eigenvalue weighted by molar-refractivity contribution is -0.113. The highest BCUT2D eigenvalue weighted by molar-refractivity contribution is 9.10. The normalized spacial score (nSPS) is 15.8. The Labute approximate surface area is 179 Å². The van der Waals surface area contributed by atoms with Crippen LogP contribution in [0.15, 0.2) is 74.5 Å². The van der Waals surface area contributed by atoms with Gasteiger partial charge in [-0.15, -0.1) is 0 Å². The van der Waals surface area contributed by atoms with Gasteiger partial charge in [0.25, 0.3) is 5.91 Å². The number of nitrogens with zero attached hydrogens (tertiary/aromatic N) is 1. The van der Waals surface area contributed by atoms with E-state index < -0.39 is 0 Å².